The molecule has 0 rings (SSSR count). The third-order valence-electron chi connectivity index (χ3n) is 0. The van der Waals surface area contributed by atoms with E-state index in [1.165, 1.54) is 0 Å². The molecule has 0 spiro atoms. The van der Waals surface area contributed by atoms with E-state index < -0.39 is 18.7 Å². The van der Waals surface area contributed by atoms with Crippen molar-refractivity contribution in [1.29, 1.82) is 0 Å². The highest BCUT2D eigenvalue weighted by molar-refractivity contribution is 7.79. The molecular formula is C9H31O7P4S+. The lowest BCUT2D eigenvalue weighted by molar-refractivity contribution is 0.380. The lowest BCUT2D eigenvalue weighted by Gasteiger charge is -1.81. The topological polar surface area (TPSA) is 132 Å². The van der Waals surface area contributed by atoms with Gasteiger partial charge < -0.3 is 0 Å². The Morgan fingerprint density at radius 3 is 0.667 bits per heavy atom. The van der Waals surface area contributed by atoms with Gasteiger partial charge in [-0.3, -0.25) is 9.11 Å². The van der Waals surface area contributed by atoms with Gasteiger partial charge in [-0.2, -0.15) is 8.42 Å². The molecule has 0 saturated heterocycles. The first kappa shape index (κ1) is 33.7. The molecule has 0 unspecified atom stereocenters. The second-order valence-electron chi connectivity index (χ2n) is 4.73. The van der Waals surface area contributed by atoms with Crippen molar-refractivity contribution in [3.05, 3.63) is 0 Å². The van der Waals surface area contributed by atoms with Gasteiger partial charge in [-0.05, 0) is 60.0 Å². The number of hydrogen-bond acceptors (Lipinski definition) is 3. The van der Waals surface area contributed by atoms with Crippen molar-refractivity contribution in [3.63, 3.8) is 0 Å². The maximum Gasteiger partial charge on any atom is 0.692 e. The zero-order valence-electron chi connectivity index (χ0n) is 14.2. The van der Waals surface area contributed by atoms with Crippen LogP contribution in [0.2, 0.25) is 0 Å². The van der Waals surface area contributed by atoms with Crippen LogP contribution in [0, 0.1) is 0 Å². The predicted molar refractivity (Wildman–Crippen MR) is 100 cm³/mol. The molecule has 0 aromatic carbocycles. The summed E-state index contributed by atoms with van der Waals surface area (Å²) in [6.45, 7) is 20.1. The molecular weight excluding hydrogens is 376 g/mol. The molecule has 0 aliphatic heterocycles. The first-order chi connectivity index (χ1) is 8.93. The Balaban J connectivity index is -0.0000000510. The summed E-state index contributed by atoms with van der Waals surface area (Å²) in [6, 6.07) is 0. The summed E-state index contributed by atoms with van der Waals surface area (Å²) in [5.41, 5.74) is 0. The smallest absolute Gasteiger partial charge is 0.264 e. The highest BCUT2D eigenvalue weighted by atomic mass is 32.3. The van der Waals surface area contributed by atoms with E-state index in [9.17, 15) is 0 Å². The summed E-state index contributed by atoms with van der Waals surface area (Å²) >= 11 is 0. The molecule has 4 N–H and O–H groups in total. The SMILES string of the molecule is CP(C)C.CP(C)C.CP(C)C.O=S(=O)(O)O.O=[P+](O)O. The Hall–Kier alpha value is 1.18. The predicted octanol–water partition coefficient (Wildman–Crippen LogP) is 3.05. The minimum atomic E-state index is -4.67. The highest BCUT2D eigenvalue weighted by Gasteiger charge is 1.93. The molecule has 0 fully saturated rings. The second-order valence-corrected chi connectivity index (χ2v) is 14.2. The van der Waals surface area contributed by atoms with E-state index in [0.29, 0.717) is 23.8 Å². The van der Waals surface area contributed by atoms with Gasteiger partial charge in [0.05, 0.1) is 0 Å². The number of hydrogen-bond donors (Lipinski definition) is 4. The molecule has 21 heavy (non-hydrogen) atoms. The first-order valence-electron chi connectivity index (χ1n) is 5.31. The monoisotopic (exact) mass is 407 g/mol. The molecule has 0 aliphatic rings. The van der Waals surface area contributed by atoms with E-state index in [4.69, 9.17) is 31.9 Å². The van der Waals surface area contributed by atoms with E-state index in [-0.39, 0.29) is 0 Å². The molecule has 0 heterocycles. The van der Waals surface area contributed by atoms with E-state index in [2.05, 4.69) is 60.0 Å². The minimum absolute atomic E-state index is 0.380. The molecule has 0 atom stereocenters. The molecule has 0 aromatic rings. The molecule has 0 bridgehead atoms. The molecule has 12 heteroatoms. The summed E-state index contributed by atoms with van der Waals surface area (Å²) in [4.78, 5) is 14.2. The van der Waals surface area contributed by atoms with E-state index in [1.807, 2.05) is 0 Å². The van der Waals surface area contributed by atoms with Crippen molar-refractivity contribution in [2.75, 3.05) is 60.0 Å². The Labute approximate surface area is 134 Å². The number of rotatable bonds is 0. The van der Waals surface area contributed by atoms with Crippen LogP contribution in [0.1, 0.15) is 0 Å². The van der Waals surface area contributed by atoms with Crippen molar-refractivity contribution < 1.29 is 31.9 Å². The average Bonchev–Trinajstić information content (AvgIpc) is 1.91. The van der Waals surface area contributed by atoms with Crippen LogP contribution in [0.15, 0.2) is 0 Å². The molecule has 0 amide bonds. The third-order valence-corrected chi connectivity index (χ3v) is 0. The summed E-state index contributed by atoms with van der Waals surface area (Å²) in [7, 11) is -6.40. The quantitative estimate of drug-likeness (QED) is 0.358. The minimum Gasteiger partial charge on any atom is -0.264 e. The van der Waals surface area contributed by atoms with Crippen LogP contribution >= 0.6 is 32.0 Å². The first-order valence-corrected chi connectivity index (χ1v) is 15.9. The fourth-order valence-corrected chi connectivity index (χ4v) is 0. The Morgan fingerprint density at radius 2 is 0.667 bits per heavy atom. The van der Waals surface area contributed by atoms with Crippen LogP contribution < -0.4 is 0 Å². The molecule has 134 valence electrons. The van der Waals surface area contributed by atoms with Crippen molar-refractivity contribution >= 4 is 42.4 Å². The van der Waals surface area contributed by atoms with E-state index in [0.717, 1.165) is 0 Å². The second kappa shape index (κ2) is 23.4. The van der Waals surface area contributed by atoms with Gasteiger partial charge in [0.25, 0.3) is 0 Å². The third kappa shape index (κ3) is 5600. The fraction of sp³-hybridized carbons (Fsp3) is 1.00. The standard InChI is InChI=1S/3C3H9P.H2O4S.HO3P/c3*1-4(2)3;1-5(2,3)4;1-4(2)3/h3*1-3H3;(H2,1,2,3,4);(H-,1,2,3)/p+1. The largest absolute Gasteiger partial charge is 0.692 e. The summed E-state index contributed by atoms with van der Waals surface area (Å²) in [5.74, 6) is 0. The maximum absolute atomic E-state index is 8.74. The van der Waals surface area contributed by atoms with E-state index >= 15 is 0 Å². The molecule has 7 nitrogen and oxygen atoms in total. The van der Waals surface area contributed by atoms with Crippen molar-refractivity contribution in [3.8, 4) is 0 Å². The van der Waals surface area contributed by atoms with Crippen molar-refractivity contribution in [2.24, 2.45) is 0 Å². The summed E-state index contributed by atoms with van der Waals surface area (Å²) in [6.07, 6.45) is 0. The van der Waals surface area contributed by atoms with Gasteiger partial charge in [0.15, 0.2) is 0 Å². The van der Waals surface area contributed by atoms with E-state index in [1.54, 1.807) is 0 Å². The van der Waals surface area contributed by atoms with Crippen molar-refractivity contribution in [1.82, 2.24) is 0 Å². The summed E-state index contributed by atoms with van der Waals surface area (Å²) < 4.78 is 40.3. The van der Waals surface area contributed by atoms with Crippen LogP contribution in [0.5, 0.6) is 0 Å². The lowest BCUT2D eigenvalue weighted by Crippen LogP contribution is -1.89. The van der Waals surface area contributed by atoms with Gasteiger partial charge in [0.2, 0.25) is 0 Å². The maximum atomic E-state index is 8.74. The van der Waals surface area contributed by atoms with Gasteiger partial charge in [0.1, 0.15) is 0 Å². The highest BCUT2D eigenvalue weighted by Crippen LogP contribution is 2.15. The Kier molecular flexibility index (Phi) is 37.6. The van der Waals surface area contributed by atoms with Gasteiger partial charge in [-0.15, -0.1) is 33.6 Å². The summed E-state index contributed by atoms with van der Waals surface area (Å²) in [5, 5.41) is 0. The normalized spacial score (nSPS) is 9.14. The Bertz CT molecular complexity index is 260. The van der Waals surface area contributed by atoms with Gasteiger partial charge in [0, 0.05) is 4.57 Å². The molecule has 0 aromatic heterocycles. The van der Waals surface area contributed by atoms with Gasteiger partial charge in [-0.25, -0.2) is 0 Å². The van der Waals surface area contributed by atoms with Crippen LogP contribution in [0.3, 0.4) is 0 Å². The van der Waals surface area contributed by atoms with Crippen LogP contribution in [-0.4, -0.2) is 87.3 Å². The lowest BCUT2D eigenvalue weighted by atomic mass is 11.9. The molecule has 0 radical (unpaired) electrons. The van der Waals surface area contributed by atoms with Gasteiger partial charge >= 0.3 is 18.7 Å². The molecule has 0 aliphatic carbocycles. The van der Waals surface area contributed by atoms with Crippen LogP contribution in [0.4, 0.5) is 0 Å². The zero-order valence-corrected chi connectivity index (χ0v) is 18.6. The zero-order chi connectivity index (χ0) is 18.8. The van der Waals surface area contributed by atoms with Crippen molar-refractivity contribution in [2.45, 2.75) is 0 Å². The molecule has 0 saturated carbocycles. The van der Waals surface area contributed by atoms with Crippen LogP contribution in [-0.2, 0) is 15.0 Å². The fourth-order valence-electron chi connectivity index (χ4n) is 0. The average molecular weight is 407 g/mol. The van der Waals surface area contributed by atoms with Gasteiger partial charge in [-0.1, -0.05) is 0 Å². The Morgan fingerprint density at radius 1 is 0.667 bits per heavy atom. The van der Waals surface area contributed by atoms with Crippen LogP contribution in [0.25, 0.3) is 0 Å².